The van der Waals surface area contributed by atoms with Crippen LogP contribution >= 0.6 is 11.3 Å². The van der Waals surface area contributed by atoms with Crippen LogP contribution in [0.1, 0.15) is 10.4 Å². The summed E-state index contributed by atoms with van der Waals surface area (Å²) in [5.74, 6) is -0.618. The van der Waals surface area contributed by atoms with Crippen LogP contribution in [0.3, 0.4) is 0 Å². The third-order valence-corrected chi connectivity index (χ3v) is 3.46. The molecular formula is C14H9FN2OS. The highest BCUT2D eigenvalue weighted by Gasteiger charge is 2.13. The smallest absolute Gasteiger partial charge is 0.258 e. The van der Waals surface area contributed by atoms with E-state index in [2.05, 4.69) is 10.3 Å². The van der Waals surface area contributed by atoms with E-state index in [9.17, 15) is 9.18 Å². The van der Waals surface area contributed by atoms with E-state index in [-0.39, 0.29) is 11.7 Å². The molecule has 5 heteroatoms. The number of aromatic nitrogens is 1. The zero-order valence-electron chi connectivity index (χ0n) is 9.76. The van der Waals surface area contributed by atoms with Crippen LogP contribution < -0.4 is 5.32 Å². The predicted molar refractivity (Wildman–Crippen MR) is 74.0 cm³/mol. The average Bonchev–Trinajstić information content (AvgIpc) is 2.92. The number of fused-ring (bicyclic) bond motifs is 1. The summed E-state index contributed by atoms with van der Waals surface area (Å²) in [5.41, 5.74) is 0.437. The van der Waals surface area contributed by atoms with Crippen LogP contribution in [-0.2, 0) is 0 Å². The molecule has 94 valence electrons. The van der Waals surface area contributed by atoms with Gasteiger partial charge in [-0.3, -0.25) is 10.1 Å². The maximum Gasteiger partial charge on any atom is 0.258 e. The molecule has 0 aliphatic heterocycles. The highest BCUT2D eigenvalue weighted by atomic mass is 32.1. The van der Waals surface area contributed by atoms with E-state index >= 15 is 0 Å². The number of amides is 1. The summed E-state index contributed by atoms with van der Waals surface area (Å²) < 4.78 is 13.7. The molecule has 0 atom stereocenters. The molecule has 0 aliphatic rings. The third kappa shape index (κ3) is 2.20. The lowest BCUT2D eigenvalue weighted by Crippen LogP contribution is -2.12. The number of hydrogen-bond acceptors (Lipinski definition) is 3. The van der Waals surface area contributed by atoms with Crippen molar-refractivity contribution in [1.29, 1.82) is 0 Å². The molecule has 0 fully saturated rings. The lowest BCUT2D eigenvalue weighted by molar-refractivity contribution is 0.102. The van der Waals surface area contributed by atoms with Gasteiger partial charge in [0, 0.05) is 22.5 Å². The largest absolute Gasteiger partial charge is 0.298 e. The van der Waals surface area contributed by atoms with Crippen molar-refractivity contribution in [3.8, 4) is 0 Å². The highest BCUT2D eigenvalue weighted by Crippen LogP contribution is 2.23. The van der Waals surface area contributed by atoms with E-state index in [1.807, 2.05) is 0 Å². The summed E-state index contributed by atoms with van der Waals surface area (Å²) in [6, 6.07) is 9.70. The van der Waals surface area contributed by atoms with Crippen LogP contribution in [0, 0.1) is 5.82 Å². The lowest BCUT2D eigenvalue weighted by atomic mass is 10.0. The van der Waals surface area contributed by atoms with Crippen LogP contribution in [0.4, 0.5) is 9.52 Å². The van der Waals surface area contributed by atoms with Crippen molar-refractivity contribution in [3.63, 3.8) is 0 Å². The first-order chi connectivity index (χ1) is 9.25. The van der Waals surface area contributed by atoms with Crippen LogP contribution in [0.2, 0.25) is 0 Å². The zero-order valence-corrected chi connectivity index (χ0v) is 10.6. The molecule has 1 N–H and O–H groups in total. The molecule has 0 unspecified atom stereocenters. The van der Waals surface area contributed by atoms with Gasteiger partial charge in [0.05, 0.1) is 0 Å². The first-order valence-electron chi connectivity index (χ1n) is 5.64. The summed E-state index contributed by atoms with van der Waals surface area (Å²) in [7, 11) is 0. The monoisotopic (exact) mass is 272 g/mol. The number of halogens is 1. The number of nitrogens with zero attached hydrogens (tertiary/aromatic N) is 1. The fraction of sp³-hybridized carbons (Fsp3) is 0. The summed E-state index contributed by atoms with van der Waals surface area (Å²) in [4.78, 5) is 16.2. The SMILES string of the molecule is O=C(Nc1nccs1)c1ccc(F)c2ccccc12. The fourth-order valence-corrected chi connectivity index (χ4v) is 2.43. The van der Waals surface area contributed by atoms with Crippen molar-refractivity contribution in [1.82, 2.24) is 4.98 Å². The lowest BCUT2D eigenvalue weighted by Gasteiger charge is -2.06. The maximum atomic E-state index is 13.7. The Kier molecular flexibility index (Phi) is 2.97. The molecule has 1 aromatic heterocycles. The maximum absolute atomic E-state index is 13.7. The van der Waals surface area contributed by atoms with Gasteiger partial charge in [-0.15, -0.1) is 11.3 Å². The second-order valence-corrected chi connectivity index (χ2v) is 4.83. The second-order valence-electron chi connectivity index (χ2n) is 3.93. The number of carbonyl (C=O) groups excluding carboxylic acids is 1. The molecule has 0 bridgehead atoms. The quantitative estimate of drug-likeness (QED) is 0.773. The molecule has 0 saturated heterocycles. The van der Waals surface area contributed by atoms with E-state index in [1.54, 1.807) is 35.8 Å². The summed E-state index contributed by atoms with van der Waals surface area (Å²) in [6.45, 7) is 0. The van der Waals surface area contributed by atoms with Gasteiger partial charge in [0.25, 0.3) is 5.91 Å². The number of carbonyl (C=O) groups is 1. The van der Waals surface area contributed by atoms with Gasteiger partial charge in [0.2, 0.25) is 0 Å². The minimum absolute atomic E-state index is 0.286. The standard InChI is InChI=1S/C14H9FN2OS/c15-12-6-5-11(9-3-1-2-4-10(9)12)13(18)17-14-16-7-8-19-14/h1-8H,(H,16,17,18). The van der Waals surface area contributed by atoms with Crippen molar-refractivity contribution in [2.75, 3.05) is 5.32 Å². The molecule has 0 spiro atoms. The van der Waals surface area contributed by atoms with Gasteiger partial charge < -0.3 is 0 Å². The minimum Gasteiger partial charge on any atom is -0.298 e. The van der Waals surface area contributed by atoms with Gasteiger partial charge in [0.1, 0.15) is 5.82 Å². The molecule has 3 rings (SSSR count). The number of anilines is 1. The summed E-state index contributed by atoms with van der Waals surface area (Å²) in [6.07, 6.45) is 1.61. The Balaban J connectivity index is 2.05. The second kappa shape index (κ2) is 4.78. The Morgan fingerprint density at radius 3 is 2.68 bits per heavy atom. The minimum atomic E-state index is -0.332. The number of thiazole rings is 1. The van der Waals surface area contributed by atoms with Crippen molar-refractivity contribution < 1.29 is 9.18 Å². The predicted octanol–water partition coefficient (Wildman–Crippen LogP) is 3.69. The fourth-order valence-electron chi connectivity index (χ4n) is 1.91. The number of nitrogens with one attached hydrogen (secondary N) is 1. The number of hydrogen-bond donors (Lipinski definition) is 1. The topological polar surface area (TPSA) is 42.0 Å². The van der Waals surface area contributed by atoms with Gasteiger partial charge in [0.15, 0.2) is 5.13 Å². The van der Waals surface area contributed by atoms with Crippen LogP contribution in [0.25, 0.3) is 10.8 Å². The van der Waals surface area contributed by atoms with Gasteiger partial charge in [-0.2, -0.15) is 0 Å². The Labute approximate surface area is 112 Å². The molecule has 0 aliphatic carbocycles. The number of benzene rings is 2. The molecule has 0 saturated carbocycles. The van der Waals surface area contributed by atoms with E-state index in [0.29, 0.717) is 21.5 Å². The van der Waals surface area contributed by atoms with Gasteiger partial charge in [-0.1, -0.05) is 24.3 Å². The summed E-state index contributed by atoms with van der Waals surface area (Å²) in [5, 5.41) is 6.03. The molecule has 2 aromatic carbocycles. The van der Waals surface area contributed by atoms with Crippen LogP contribution in [-0.4, -0.2) is 10.9 Å². The van der Waals surface area contributed by atoms with Crippen molar-refractivity contribution >= 4 is 33.1 Å². The normalized spacial score (nSPS) is 10.6. The highest BCUT2D eigenvalue weighted by molar-refractivity contribution is 7.13. The van der Waals surface area contributed by atoms with Crippen molar-refractivity contribution in [2.24, 2.45) is 0 Å². The molecule has 3 nitrogen and oxygen atoms in total. The molecule has 1 amide bonds. The Morgan fingerprint density at radius 1 is 1.16 bits per heavy atom. The van der Waals surface area contributed by atoms with E-state index in [1.165, 1.54) is 23.5 Å². The molecular weight excluding hydrogens is 263 g/mol. The molecule has 1 heterocycles. The zero-order chi connectivity index (χ0) is 13.2. The number of rotatable bonds is 2. The Hall–Kier alpha value is -2.27. The van der Waals surface area contributed by atoms with Gasteiger partial charge in [-0.05, 0) is 17.5 Å². The van der Waals surface area contributed by atoms with E-state index < -0.39 is 0 Å². The van der Waals surface area contributed by atoms with Crippen LogP contribution in [0.5, 0.6) is 0 Å². The average molecular weight is 272 g/mol. The van der Waals surface area contributed by atoms with E-state index in [4.69, 9.17) is 0 Å². The molecule has 19 heavy (non-hydrogen) atoms. The molecule has 0 radical (unpaired) electrons. The Morgan fingerprint density at radius 2 is 1.95 bits per heavy atom. The summed E-state index contributed by atoms with van der Waals surface area (Å²) >= 11 is 1.34. The van der Waals surface area contributed by atoms with E-state index in [0.717, 1.165) is 0 Å². The molecule has 3 aromatic rings. The van der Waals surface area contributed by atoms with Gasteiger partial charge >= 0.3 is 0 Å². The Bertz CT molecular complexity index is 740. The van der Waals surface area contributed by atoms with Gasteiger partial charge in [-0.25, -0.2) is 9.37 Å². The van der Waals surface area contributed by atoms with Crippen LogP contribution in [0.15, 0.2) is 48.0 Å². The van der Waals surface area contributed by atoms with Crippen molar-refractivity contribution in [2.45, 2.75) is 0 Å². The first kappa shape index (κ1) is 11.8. The third-order valence-electron chi connectivity index (χ3n) is 2.77. The van der Waals surface area contributed by atoms with Crippen molar-refractivity contribution in [3.05, 3.63) is 59.4 Å². The first-order valence-corrected chi connectivity index (χ1v) is 6.52.